The molecule has 0 aromatic heterocycles. The van der Waals surface area contributed by atoms with Crippen molar-refractivity contribution in [3.05, 3.63) is 53.6 Å². The molecule has 1 saturated heterocycles. The maximum atomic E-state index is 12.3. The smallest absolute Gasteiger partial charge is 0.338 e. The first-order chi connectivity index (χ1) is 12.9. The van der Waals surface area contributed by atoms with E-state index in [2.05, 4.69) is 18.7 Å². The van der Waals surface area contributed by atoms with E-state index in [9.17, 15) is 15.0 Å². The minimum absolute atomic E-state index is 0. The molecule has 0 radical (unpaired) electrons. The van der Waals surface area contributed by atoms with Crippen LogP contribution in [0.5, 0.6) is 5.75 Å². The van der Waals surface area contributed by atoms with Crippen LogP contribution in [-0.2, 0) is 16.0 Å². The lowest BCUT2D eigenvalue weighted by Crippen LogP contribution is -2.57. The van der Waals surface area contributed by atoms with Gasteiger partial charge in [-0.2, -0.15) is 0 Å². The lowest BCUT2D eigenvalue weighted by Gasteiger charge is -2.49. The van der Waals surface area contributed by atoms with Crippen LogP contribution >= 0.6 is 0 Å². The number of aromatic hydroxyl groups is 1. The van der Waals surface area contributed by atoms with Crippen LogP contribution in [0.3, 0.4) is 0 Å². The number of carbonyl (C=O) groups excluding carboxylic acids is 1. The summed E-state index contributed by atoms with van der Waals surface area (Å²) in [6.45, 7) is 6.57. The third-order valence-electron chi connectivity index (χ3n) is 7.25. The van der Waals surface area contributed by atoms with Gasteiger partial charge in [0.15, 0.2) is 5.60 Å². The summed E-state index contributed by atoms with van der Waals surface area (Å²) >= 11 is 0. The van der Waals surface area contributed by atoms with Crippen molar-refractivity contribution in [1.29, 1.82) is 0 Å². The van der Waals surface area contributed by atoms with Crippen molar-refractivity contribution in [2.45, 2.75) is 37.7 Å². The molecule has 142 valence electrons. The van der Waals surface area contributed by atoms with Gasteiger partial charge in [-0.1, -0.05) is 37.3 Å². The minimum atomic E-state index is -1.41. The molecule has 3 aliphatic rings. The van der Waals surface area contributed by atoms with Gasteiger partial charge in [0.25, 0.3) is 0 Å². The molecule has 2 N–H and O–H groups in total. The molecule has 5 rings (SSSR count). The molecule has 5 atom stereocenters. The second-order valence-electron chi connectivity index (χ2n) is 8.40. The van der Waals surface area contributed by atoms with Crippen LogP contribution in [0.4, 0.5) is 0 Å². The number of hydrogen-bond acceptors (Lipinski definition) is 4. The Bertz CT molecular complexity index is 984. The fourth-order valence-corrected chi connectivity index (χ4v) is 5.72. The average Bonchev–Trinajstić information content (AvgIpc) is 3.01. The fraction of sp³-hybridized carbons (Fsp3) is 0.435. The summed E-state index contributed by atoms with van der Waals surface area (Å²) in [6.07, 6.45) is 2.07. The molecule has 0 amide bonds. The molecule has 1 saturated carbocycles. The van der Waals surface area contributed by atoms with E-state index in [0.29, 0.717) is 18.9 Å². The number of esters is 1. The molecule has 2 aromatic carbocycles. The van der Waals surface area contributed by atoms with Crippen molar-refractivity contribution in [3.8, 4) is 5.75 Å². The lowest BCUT2D eigenvalue weighted by atomic mass is 9.59. The number of hydrogen-bond donors (Lipinski definition) is 2. The number of phenols is 1. The molecule has 0 spiro atoms. The Morgan fingerprint density at radius 3 is 2.81 bits per heavy atom. The van der Waals surface area contributed by atoms with Gasteiger partial charge >= 0.3 is 5.97 Å². The number of fused-ring (bicyclic) bond motifs is 5. The highest BCUT2D eigenvalue weighted by atomic mass is 16.6. The van der Waals surface area contributed by atoms with Crippen molar-refractivity contribution in [2.75, 3.05) is 6.61 Å². The van der Waals surface area contributed by atoms with Gasteiger partial charge in [0.05, 0.1) is 6.61 Å². The normalized spacial score (nSPS) is 34.7. The Hall–Kier alpha value is -2.33. The zero-order valence-corrected chi connectivity index (χ0v) is 15.4. The molecule has 1 aliphatic heterocycles. The zero-order valence-electron chi connectivity index (χ0n) is 15.4. The molecule has 27 heavy (non-hydrogen) atoms. The predicted molar refractivity (Wildman–Crippen MR) is 105 cm³/mol. The Labute approximate surface area is 159 Å². The Balaban J connectivity index is 0.00000192. The van der Waals surface area contributed by atoms with E-state index in [1.54, 1.807) is 12.1 Å². The SMILES string of the molecule is C=C1C2Cc3cc4cc(O)ccc4cc3C2CC2C1COC(=O)C2(O)CC.[2HH]. The van der Waals surface area contributed by atoms with Crippen molar-refractivity contribution < 1.29 is 21.2 Å². The Kier molecular flexibility index (Phi) is 3.48. The first kappa shape index (κ1) is 16.8. The van der Waals surface area contributed by atoms with Crippen molar-refractivity contribution in [2.24, 2.45) is 17.8 Å². The summed E-state index contributed by atoms with van der Waals surface area (Å²) in [6, 6.07) is 9.85. The topological polar surface area (TPSA) is 66.8 Å². The monoisotopic (exact) mass is 367 g/mol. The summed E-state index contributed by atoms with van der Waals surface area (Å²) in [5, 5.41) is 23.0. The highest BCUT2D eigenvalue weighted by Gasteiger charge is 2.57. The van der Waals surface area contributed by atoms with Crippen LogP contribution in [-0.4, -0.2) is 28.4 Å². The van der Waals surface area contributed by atoms with Gasteiger partial charge in [0, 0.05) is 13.3 Å². The zero-order chi connectivity index (χ0) is 18.9. The lowest BCUT2D eigenvalue weighted by molar-refractivity contribution is -0.192. The van der Waals surface area contributed by atoms with E-state index in [4.69, 9.17) is 4.74 Å². The first-order valence-corrected chi connectivity index (χ1v) is 9.76. The van der Waals surface area contributed by atoms with Crippen molar-refractivity contribution >= 4 is 16.7 Å². The molecule has 2 fully saturated rings. The second-order valence-corrected chi connectivity index (χ2v) is 8.40. The van der Waals surface area contributed by atoms with E-state index >= 15 is 0 Å². The molecule has 4 nitrogen and oxygen atoms in total. The first-order valence-electron chi connectivity index (χ1n) is 9.76. The van der Waals surface area contributed by atoms with E-state index in [-0.39, 0.29) is 24.9 Å². The quantitative estimate of drug-likeness (QED) is 0.592. The largest absolute Gasteiger partial charge is 0.508 e. The molecule has 0 bridgehead atoms. The second kappa shape index (κ2) is 5.59. The molecule has 1 heterocycles. The van der Waals surface area contributed by atoms with Crippen molar-refractivity contribution in [1.82, 2.24) is 0 Å². The van der Waals surface area contributed by atoms with E-state index in [1.807, 2.05) is 13.0 Å². The van der Waals surface area contributed by atoms with Gasteiger partial charge in [0.2, 0.25) is 0 Å². The summed E-state index contributed by atoms with van der Waals surface area (Å²) in [5.74, 6) is 0.280. The van der Waals surface area contributed by atoms with Gasteiger partial charge in [-0.3, -0.25) is 0 Å². The molecular weight excluding hydrogens is 340 g/mol. The van der Waals surface area contributed by atoms with Crippen LogP contribution in [0, 0.1) is 17.8 Å². The van der Waals surface area contributed by atoms with Crippen LogP contribution in [0.2, 0.25) is 0 Å². The molecule has 2 aliphatic carbocycles. The van der Waals surface area contributed by atoms with Crippen LogP contribution in [0.25, 0.3) is 10.8 Å². The maximum absolute atomic E-state index is 12.3. The molecule has 5 unspecified atom stereocenters. The number of rotatable bonds is 1. The predicted octanol–water partition coefficient (Wildman–Crippen LogP) is 3.94. The van der Waals surface area contributed by atoms with Gasteiger partial charge in [-0.15, -0.1) is 0 Å². The van der Waals surface area contributed by atoms with Gasteiger partial charge in [0.1, 0.15) is 5.75 Å². The van der Waals surface area contributed by atoms with E-state index < -0.39 is 11.6 Å². The average molecular weight is 367 g/mol. The number of ether oxygens (including phenoxy) is 1. The highest BCUT2D eigenvalue weighted by Crippen LogP contribution is 2.57. The van der Waals surface area contributed by atoms with Crippen LogP contribution in [0.15, 0.2) is 42.5 Å². The van der Waals surface area contributed by atoms with Gasteiger partial charge in [-0.25, -0.2) is 4.79 Å². The van der Waals surface area contributed by atoms with E-state index in [1.165, 1.54) is 11.1 Å². The third kappa shape index (κ3) is 2.23. The van der Waals surface area contributed by atoms with E-state index in [0.717, 1.165) is 29.2 Å². The number of phenolic OH excluding ortho intramolecular Hbond substituents is 1. The fourth-order valence-electron chi connectivity index (χ4n) is 5.72. The molecule has 2 aromatic rings. The van der Waals surface area contributed by atoms with Crippen LogP contribution in [0.1, 0.15) is 38.2 Å². The van der Waals surface area contributed by atoms with Gasteiger partial charge in [-0.05, 0) is 65.1 Å². The molecule has 4 heteroatoms. The summed E-state index contributed by atoms with van der Waals surface area (Å²) in [7, 11) is 0. The standard InChI is InChI=1S/C23H24O4.H2/c1-3-23(26)21-10-19-17(12(2)20(21)11-27-22(23)25)9-15-6-14-7-16(24)5-4-13(14)8-18(15)19;/h4-8,17,19-21,24,26H,2-3,9-11H2,1H3;1H/i;1+1. The summed E-state index contributed by atoms with van der Waals surface area (Å²) < 4.78 is 5.35. The van der Waals surface area contributed by atoms with Crippen molar-refractivity contribution in [3.63, 3.8) is 0 Å². The minimum Gasteiger partial charge on any atom is -0.508 e. The number of aliphatic hydroxyl groups is 1. The Morgan fingerprint density at radius 2 is 2.04 bits per heavy atom. The van der Waals surface area contributed by atoms with Gasteiger partial charge < -0.3 is 14.9 Å². The number of benzene rings is 2. The summed E-state index contributed by atoms with van der Waals surface area (Å²) in [5.41, 5.74) is 2.28. The number of carbonyl (C=O) groups is 1. The maximum Gasteiger partial charge on any atom is 0.338 e. The molecular formula is C23H26O4. The Morgan fingerprint density at radius 1 is 1.22 bits per heavy atom. The highest BCUT2D eigenvalue weighted by molar-refractivity contribution is 5.86. The summed E-state index contributed by atoms with van der Waals surface area (Å²) in [4.78, 5) is 12.3. The number of cyclic esters (lactones) is 1. The van der Waals surface area contributed by atoms with Crippen LogP contribution < -0.4 is 0 Å². The third-order valence-corrected chi connectivity index (χ3v) is 7.25.